The topological polar surface area (TPSA) is 48.4 Å². The van der Waals surface area contributed by atoms with Crippen LogP contribution in [0.5, 0.6) is 5.75 Å². The summed E-state index contributed by atoms with van der Waals surface area (Å²) >= 11 is 0. The predicted molar refractivity (Wildman–Crippen MR) is 97.6 cm³/mol. The fraction of sp³-hybridized carbons (Fsp3) is 0.143. The van der Waals surface area contributed by atoms with Crippen molar-refractivity contribution in [3.8, 4) is 28.1 Å². The van der Waals surface area contributed by atoms with Gasteiger partial charge in [-0.05, 0) is 54.4 Å². The molecular formula is C21H19NO3. The summed E-state index contributed by atoms with van der Waals surface area (Å²) in [5, 5.41) is 0. The molecule has 0 aliphatic rings. The highest BCUT2D eigenvalue weighted by atomic mass is 16.5. The largest absolute Gasteiger partial charge is 0.497 e. The number of benzene rings is 2. The summed E-state index contributed by atoms with van der Waals surface area (Å²) in [7, 11) is 1.63. The summed E-state index contributed by atoms with van der Waals surface area (Å²) in [5.74, 6) is 0.453. The number of ether oxygens (including phenoxy) is 2. The van der Waals surface area contributed by atoms with Crippen LogP contribution in [0.3, 0.4) is 0 Å². The van der Waals surface area contributed by atoms with Gasteiger partial charge in [0.15, 0.2) is 0 Å². The monoisotopic (exact) mass is 333 g/mol. The van der Waals surface area contributed by atoms with E-state index in [1.807, 2.05) is 54.6 Å². The minimum Gasteiger partial charge on any atom is -0.497 e. The molecular weight excluding hydrogens is 314 g/mol. The molecule has 1 heterocycles. The quantitative estimate of drug-likeness (QED) is 0.640. The van der Waals surface area contributed by atoms with Gasteiger partial charge in [-0.3, -0.25) is 4.98 Å². The Balaban J connectivity index is 2.13. The molecule has 0 saturated carbocycles. The van der Waals surface area contributed by atoms with Crippen LogP contribution in [0.2, 0.25) is 0 Å². The summed E-state index contributed by atoms with van der Waals surface area (Å²) in [6, 6.07) is 19.0. The molecule has 4 heteroatoms. The van der Waals surface area contributed by atoms with Crippen LogP contribution in [0.4, 0.5) is 0 Å². The molecule has 0 unspecified atom stereocenters. The highest BCUT2D eigenvalue weighted by molar-refractivity contribution is 5.94. The minimum absolute atomic E-state index is 0.329. The Labute approximate surface area is 147 Å². The SMILES string of the molecule is CCOC(=O)c1ccc(-c2ccccn2)c(-c2ccc(OC)cc2)c1. The lowest BCUT2D eigenvalue weighted by Crippen LogP contribution is -2.05. The smallest absolute Gasteiger partial charge is 0.338 e. The van der Waals surface area contributed by atoms with E-state index in [0.717, 1.165) is 28.1 Å². The first-order valence-electron chi connectivity index (χ1n) is 8.10. The molecule has 0 radical (unpaired) electrons. The Bertz CT molecular complexity index is 858. The van der Waals surface area contributed by atoms with E-state index in [9.17, 15) is 4.79 Å². The van der Waals surface area contributed by atoms with Gasteiger partial charge in [0.25, 0.3) is 0 Å². The van der Waals surface area contributed by atoms with Crippen molar-refractivity contribution in [2.45, 2.75) is 6.92 Å². The van der Waals surface area contributed by atoms with Gasteiger partial charge in [-0.25, -0.2) is 4.79 Å². The fourth-order valence-electron chi connectivity index (χ4n) is 2.64. The average Bonchev–Trinajstić information content (AvgIpc) is 2.68. The third kappa shape index (κ3) is 3.69. The van der Waals surface area contributed by atoms with Crippen molar-refractivity contribution in [1.82, 2.24) is 4.98 Å². The van der Waals surface area contributed by atoms with Crippen molar-refractivity contribution in [2.75, 3.05) is 13.7 Å². The summed E-state index contributed by atoms with van der Waals surface area (Å²) in [6.07, 6.45) is 1.76. The van der Waals surface area contributed by atoms with Gasteiger partial charge < -0.3 is 9.47 Å². The van der Waals surface area contributed by atoms with Crippen molar-refractivity contribution in [2.24, 2.45) is 0 Å². The second-order valence-electron chi connectivity index (χ2n) is 5.42. The molecule has 0 aliphatic carbocycles. The lowest BCUT2D eigenvalue weighted by atomic mass is 9.95. The van der Waals surface area contributed by atoms with Gasteiger partial charge in [-0.15, -0.1) is 0 Å². The summed E-state index contributed by atoms with van der Waals surface area (Å²) in [6.45, 7) is 2.14. The normalized spacial score (nSPS) is 10.3. The van der Waals surface area contributed by atoms with Crippen LogP contribution in [0.1, 0.15) is 17.3 Å². The van der Waals surface area contributed by atoms with E-state index < -0.39 is 0 Å². The summed E-state index contributed by atoms with van der Waals surface area (Å²) in [5.41, 5.74) is 4.23. The molecule has 0 amide bonds. The van der Waals surface area contributed by atoms with Crippen LogP contribution in [0.15, 0.2) is 66.9 Å². The van der Waals surface area contributed by atoms with E-state index in [-0.39, 0.29) is 5.97 Å². The van der Waals surface area contributed by atoms with Gasteiger partial charge in [0, 0.05) is 11.8 Å². The second-order valence-corrected chi connectivity index (χ2v) is 5.42. The maximum Gasteiger partial charge on any atom is 0.338 e. The molecule has 0 spiro atoms. The maximum absolute atomic E-state index is 12.1. The molecule has 2 aromatic carbocycles. The van der Waals surface area contributed by atoms with Gasteiger partial charge in [0.1, 0.15) is 5.75 Å². The van der Waals surface area contributed by atoms with Gasteiger partial charge >= 0.3 is 5.97 Å². The van der Waals surface area contributed by atoms with E-state index in [2.05, 4.69) is 4.98 Å². The van der Waals surface area contributed by atoms with E-state index >= 15 is 0 Å². The third-order valence-electron chi connectivity index (χ3n) is 3.87. The van der Waals surface area contributed by atoms with Crippen LogP contribution in [-0.2, 0) is 4.74 Å². The highest BCUT2D eigenvalue weighted by Crippen LogP contribution is 2.33. The Hall–Kier alpha value is -3.14. The van der Waals surface area contributed by atoms with Crippen molar-refractivity contribution in [1.29, 1.82) is 0 Å². The number of nitrogens with zero attached hydrogens (tertiary/aromatic N) is 1. The highest BCUT2D eigenvalue weighted by Gasteiger charge is 2.14. The van der Waals surface area contributed by atoms with Gasteiger partial charge in [-0.2, -0.15) is 0 Å². The number of pyridine rings is 1. The van der Waals surface area contributed by atoms with Crippen LogP contribution in [0.25, 0.3) is 22.4 Å². The minimum atomic E-state index is -0.329. The van der Waals surface area contributed by atoms with Gasteiger partial charge in [0.2, 0.25) is 0 Å². The maximum atomic E-state index is 12.1. The molecule has 0 saturated heterocycles. The van der Waals surface area contributed by atoms with Crippen molar-refractivity contribution in [3.05, 3.63) is 72.4 Å². The number of hydrogen-bond donors (Lipinski definition) is 0. The summed E-state index contributed by atoms with van der Waals surface area (Å²) < 4.78 is 10.4. The van der Waals surface area contributed by atoms with Crippen LogP contribution in [0, 0.1) is 0 Å². The number of carbonyl (C=O) groups is 1. The molecule has 3 aromatic rings. The molecule has 0 N–H and O–H groups in total. The summed E-state index contributed by atoms with van der Waals surface area (Å²) in [4.78, 5) is 16.6. The average molecular weight is 333 g/mol. The molecule has 4 nitrogen and oxygen atoms in total. The van der Waals surface area contributed by atoms with E-state index in [1.165, 1.54) is 0 Å². The first-order chi connectivity index (χ1) is 12.2. The van der Waals surface area contributed by atoms with Crippen molar-refractivity contribution in [3.63, 3.8) is 0 Å². The van der Waals surface area contributed by atoms with Crippen LogP contribution >= 0.6 is 0 Å². The first kappa shape index (κ1) is 16.7. The van der Waals surface area contributed by atoms with E-state index in [4.69, 9.17) is 9.47 Å². The fourth-order valence-corrected chi connectivity index (χ4v) is 2.64. The van der Waals surface area contributed by atoms with Gasteiger partial charge in [-0.1, -0.05) is 24.3 Å². The number of aromatic nitrogens is 1. The lowest BCUT2D eigenvalue weighted by molar-refractivity contribution is 0.0526. The van der Waals surface area contributed by atoms with Crippen LogP contribution < -0.4 is 4.74 Å². The zero-order chi connectivity index (χ0) is 17.6. The molecule has 0 atom stereocenters. The van der Waals surface area contributed by atoms with Crippen molar-refractivity contribution >= 4 is 5.97 Å². The van der Waals surface area contributed by atoms with Crippen LogP contribution in [-0.4, -0.2) is 24.7 Å². The third-order valence-corrected chi connectivity index (χ3v) is 3.87. The molecule has 126 valence electrons. The van der Waals surface area contributed by atoms with Gasteiger partial charge in [0.05, 0.1) is 25.0 Å². The van der Waals surface area contributed by atoms with E-state index in [0.29, 0.717) is 12.2 Å². The Morgan fingerprint density at radius 3 is 2.44 bits per heavy atom. The van der Waals surface area contributed by atoms with E-state index in [1.54, 1.807) is 26.3 Å². The molecule has 25 heavy (non-hydrogen) atoms. The number of methoxy groups -OCH3 is 1. The first-order valence-corrected chi connectivity index (χ1v) is 8.10. The predicted octanol–water partition coefficient (Wildman–Crippen LogP) is 4.60. The molecule has 1 aromatic heterocycles. The molecule has 3 rings (SSSR count). The number of esters is 1. The lowest BCUT2D eigenvalue weighted by Gasteiger charge is -2.12. The Morgan fingerprint density at radius 1 is 1.00 bits per heavy atom. The Kier molecular flexibility index (Phi) is 5.09. The number of hydrogen-bond acceptors (Lipinski definition) is 4. The standard InChI is InChI=1S/C21H19NO3/c1-3-25-21(23)16-9-12-18(20-6-4-5-13-22-20)19(14-16)15-7-10-17(24-2)11-8-15/h4-14H,3H2,1-2H3. The van der Waals surface area contributed by atoms with Crippen molar-refractivity contribution < 1.29 is 14.3 Å². The Morgan fingerprint density at radius 2 is 1.80 bits per heavy atom. The zero-order valence-corrected chi connectivity index (χ0v) is 14.2. The molecule has 0 bridgehead atoms. The number of rotatable bonds is 5. The zero-order valence-electron chi connectivity index (χ0n) is 14.2. The molecule has 0 fully saturated rings. The second kappa shape index (κ2) is 7.62. The molecule has 0 aliphatic heterocycles. The number of carbonyl (C=O) groups excluding carboxylic acids is 1.